The molecule has 0 bridgehead atoms. The van der Waals surface area contributed by atoms with Crippen LogP contribution in [0.4, 0.5) is 0 Å². The van der Waals surface area contributed by atoms with Gasteiger partial charge in [0.2, 0.25) is 0 Å². The maximum absolute atomic E-state index is 13.3. The molecule has 0 aliphatic carbocycles. The van der Waals surface area contributed by atoms with Gasteiger partial charge in [-0.1, -0.05) is 18.2 Å². The first-order valence-electron chi connectivity index (χ1n) is 11.5. The van der Waals surface area contributed by atoms with Gasteiger partial charge >= 0.3 is 0 Å². The van der Waals surface area contributed by atoms with Crippen LogP contribution in [-0.2, 0) is 9.59 Å². The maximum Gasteiger partial charge on any atom is 0.295 e. The molecular weight excluding hydrogens is 436 g/mol. The second-order valence-corrected chi connectivity index (χ2v) is 8.48. The van der Waals surface area contributed by atoms with Crippen LogP contribution in [0.15, 0.2) is 48.0 Å². The van der Waals surface area contributed by atoms with Gasteiger partial charge in [0, 0.05) is 17.7 Å². The van der Waals surface area contributed by atoms with E-state index >= 15 is 0 Å². The third-order valence-electron chi connectivity index (χ3n) is 5.87. The first kappa shape index (κ1) is 23.6. The van der Waals surface area contributed by atoms with Crippen molar-refractivity contribution in [3.63, 3.8) is 0 Å². The Kier molecular flexibility index (Phi) is 7.07. The van der Waals surface area contributed by atoms with Gasteiger partial charge in [-0.15, -0.1) is 0 Å². The van der Waals surface area contributed by atoms with Crippen LogP contribution in [0, 0.1) is 0 Å². The fraction of sp³-hybridized carbons (Fsp3) is 0.385. The summed E-state index contributed by atoms with van der Waals surface area (Å²) in [4.78, 5) is 30.0. The number of ether oxygens (including phenoxy) is 3. The van der Waals surface area contributed by atoms with Crippen molar-refractivity contribution >= 4 is 17.4 Å². The van der Waals surface area contributed by atoms with E-state index in [9.17, 15) is 14.7 Å². The highest BCUT2D eigenvalue weighted by Gasteiger charge is 2.46. The minimum absolute atomic E-state index is 0.0404. The van der Waals surface area contributed by atoms with E-state index in [0.717, 1.165) is 6.54 Å². The summed E-state index contributed by atoms with van der Waals surface area (Å²) in [5.41, 5.74) is 1.08. The molecule has 34 heavy (non-hydrogen) atoms. The number of carbonyl (C=O) groups excluding carboxylic acids is 2. The number of Topliss-reactive ketones (excluding diaryl/α,β-unsaturated/α-hetero) is 1. The van der Waals surface area contributed by atoms with Gasteiger partial charge < -0.3 is 29.1 Å². The number of fused-ring (bicyclic) bond motifs is 1. The normalized spacial score (nSPS) is 19.1. The summed E-state index contributed by atoms with van der Waals surface area (Å²) in [5.74, 6) is 0.0407. The minimum Gasteiger partial charge on any atom is -0.507 e. The van der Waals surface area contributed by atoms with Crippen molar-refractivity contribution < 1.29 is 28.9 Å². The van der Waals surface area contributed by atoms with Crippen molar-refractivity contribution in [2.45, 2.75) is 19.4 Å². The Morgan fingerprint density at radius 1 is 1.12 bits per heavy atom. The van der Waals surface area contributed by atoms with Gasteiger partial charge in [0.05, 0.1) is 18.2 Å². The highest BCUT2D eigenvalue weighted by molar-refractivity contribution is 6.46. The predicted molar refractivity (Wildman–Crippen MR) is 127 cm³/mol. The Morgan fingerprint density at radius 2 is 1.85 bits per heavy atom. The predicted octanol–water partition coefficient (Wildman–Crippen LogP) is 3.23. The van der Waals surface area contributed by atoms with E-state index in [1.807, 2.05) is 50.2 Å². The van der Waals surface area contributed by atoms with Crippen molar-refractivity contribution in [2.24, 2.45) is 0 Å². The van der Waals surface area contributed by atoms with Gasteiger partial charge in [-0.05, 0) is 58.3 Å². The zero-order valence-electron chi connectivity index (χ0n) is 19.7. The highest BCUT2D eigenvalue weighted by Crippen LogP contribution is 2.43. The third-order valence-corrected chi connectivity index (χ3v) is 5.87. The van der Waals surface area contributed by atoms with Gasteiger partial charge in [-0.3, -0.25) is 9.59 Å². The Bertz CT molecular complexity index is 1110. The number of hydrogen-bond acceptors (Lipinski definition) is 7. The van der Waals surface area contributed by atoms with Gasteiger partial charge in [0.25, 0.3) is 11.7 Å². The molecule has 2 heterocycles. The monoisotopic (exact) mass is 466 g/mol. The van der Waals surface area contributed by atoms with Crippen LogP contribution in [0.1, 0.15) is 30.5 Å². The second kappa shape index (κ2) is 10.2. The molecule has 2 aliphatic rings. The fourth-order valence-electron chi connectivity index (χ4n) is 4.33. The number of rotatable bonds is 8. The lowest BCUT2D eigenvalue weighted by molar-refractivity contribution is -0.140. The van der Waals surface area contributed by atoms with E-state index < -0.39 is 17.7 Å². The molecule has 1 unspecified atom stereocenters. The molecule has 8 heteroatoms. The number of nitrogens with zero attached hydrogens (tertiary/aromatic N) is 2. The number of benzene rings is 2. The van der Waals surface area contributed by atoms with Crippen molar-refractivity contribution in [2.75, 3.05) is 47.0 Å². The number of aliphatic hydroxyl groups is 1. The zero-order chi connectivity index (χ0) is 24.2. The van der Waals surface area contributed by atoms with Crippen LogP contribution in [0.3, 0.4) is 0 Å². The number of carbonyl (C=O) groups is 2. The van der Waals surface area contributed by atoms with E-state index in [1.165, 1.54) is 4.90 Å². The van der Waals surface area contributed by atoms with Crippen LogP contribution in [0.25, 0.3) is 5.76 Å². The summed E-state index contributed by atoms with van der Waals surface area (Å²) in [6.45, 7) is 4.27. The van der Waals surface area contributed by atoms with Crippen LogP contribution < -0.4 is 14.2 Å². The first-order valence-corrected chi connectivity index (χ1v) is 11.5. The summed E-state index contributed by atoms with van der Waals surface area (Å²) >= 11 is 0. The van der Waals surface area contributed by atoms with Crippen molar-refractivity contribution in [3.8, 4) is 17.2 Å². The van der Waals surface area contributed by atoms with E-state index in [1.54, 1.807) is 18.2 Å². The molecule has 0 saturated carbocycles. The summed E-state index contributed by atoms with van der Waals surface area (Å²) in [6.07, 6.45) is 0.678. The third kappa shape index (κ3) is 4.59. The molecule has 2 aliphatic heterocycles. The van der Waals surface area contributed by atoms with E-state index in [-0.39, 0.29) is 11.3 Å². The van der Waals surface area contributed by atoms with Gasteiger partial charge in [-0.25, -0.2) is 0 Å². The summed E-state index contributed by atoms with van der Waals surface area (Å²) in [7, 11) is 3.91. The molecule has 0 radical (unpaired) electrons. The Balaban J connectivity index is 1.82. The minimum atomic E-state index is -0.766. The van der Waals surface area contributed by atoms with Crippen molar-refractivity contribution in [1.82, 2.24) is 9.80 Å². The lowest BCUT2D eigenvalue weighted by atomic mass is 9.94. The molecule has 0 spiro atoms. The molecule has 1 saturated heterocycles. The number of likely N-dealkylation sites (tertiary alicyclic amines) is 1. The molecular formula is C26H30N2O6. The number of aliphatic hydroxyl groups excluding tert-OH is 1. The van der Waals surface area contributed by atoms with Crippen LogP contribution in [-0.4, -0.2) is 73.6 Å². The Labute approximate surface area is 199 Å². The largest absolute Gasteiger partial charge is 0.507 e. The average molecular weight is 467 g/mol. The lowest BCUT2D eigenvalue weighted by Gasteiger charge is -2.27. The Morgan fingerprint density at radius 3 is 2.59 bits per heavy atom. The zero-order valence-corrected chi connectivity index (χ0v) is 19.7. The Hall–Kier alpha value is -3.52. The van der Waals surface area contributed by atoms with Gasteiger partial charge in [0.15, 0.2) is 11.5 Å². The number of amides is 1. The summed E-state index contributed by atoms with van der Waals surface area (Å²) in [5, 5.41) is 11.3. The van der Waals surface area contributed by atoms with Gasteiger partial charge in [-0.2, -0.15) is 0 Å². The number of para-hydroxylation sites is 1. The molecule has 1 N–H and O–H groups in total. The highest BCUT2D eigenvalue weighted by atomic mass is 16.6. The quantitative estimate of drug-likeness (QED) is 0.363. The van der Waals surface area contributed by atoms with Crippen molar-refractivity contribution in [1.29, 1.82) is 0 Å². The average Bonchev–Trinajstić information content (AvgIpc) is 3.08. The molecule has 4 rings (SSSR count). The molecule has 0 aromatic heterocycles. The standard InChI is InChI=1S/C26H30N2O6/c1-4-32-19-9-6-5-8-18(19)23-22(25(30)26(31)28(23)13-7-12-27(2)3)24(29)17-10-11-20-21(16-17)34-15-14-33-20/h5-6,8-11,16,23,29H,4,7,12-15H2,1-3H3/b24-22+. The maximum atomic E-state index is 13.3. The molecule has 180 valence electrons. The molecule has 1 atom stereocenters. The van der Waals surface area contributed by atoms with E-state index in [4.69, 9.17) is 14.2 Å². The van der Waals surface area contributed by atoms with Crippen molar-refractivity contribution in [3.05, 3.63) is 59.2 Å². The smallest absolute Gasteiger partial charge is 0.295 e. The second-order valence-electron chi connectivity index (χ2n) is 8.48. The molecule has 1 fully saturated rings. The van der Waals surface area contributed by atoms with Crippen LogP contribution in [0.5, 0.6) is 17.2 Å². The topological polar surface area (TPSA) is 88.5 Å². The van der Waals surface area contributed by atoms with Crippen LogP contribution >= 0.6 is 0 Å². The first-order chi connectivity index (χ1) is 16.4. The molecule has 2 aromatic rings. The molecule has 1 amide bonds. The van der Waals surface area contributed by atoms with E-state index in [0.29, 0.717) is 61.2 Å². The SMILES string of the molecule is CCOc1ccccc1C1/C(=C(\O)c2ccc3c(c2)OCCO3)C(=O)C(=O)N1CCCN(C)C. The molecule has 8 nitrogen and oxygen atoms in total. The summed E-state index contributed by atoms with van der Waals surface area (Å²) in [6, 6.07) is 11.5. The van der Waals surface area contributed by atoms with Gasteiger partial charge in [0.1, 0.15) is 24.7 Å². The lowest BCUT2D eigenvalue weighted by Crippen LogP contribution is -2.32. The van der Waals surface area contributed by atoms with Crippen LogP contribution in [0.2, 0.25) is 0 Å². The number of ketones is 1. The number of hydrogen-bond donors (Lipinski definition) is 1. The molecule has 2 aromatic carbocycles. The fourth-order valence-corrected chi connectivity index (χ4v) is 4.33. The summed E-state index contributed by atoms with van der Waals surface area (Å²) < 4.78 is 17.0. The van der Waals surface area contributed by atoms with E-state index in [2.05, 4.69) is 0 Å².